The van der Waals surface area contributed by atoms with Gasteiger partial charge >= 0.3 is 12.0 Å². The van der Waals surface area contributed by atoms with Gasteiger partial charge in [-0.25, -0.2) is 24.5 Å². The first kappa shape index (κ1) is 28.0. The molecule has 3 N–H and O–H groups in total. The molecule has 5 atom stereocenters. The predicted octanol–water partition coefficient (Wildman–Crippen LogP) is 4.33. The Morgan fingerprint density at radius 3 is 2.81 bits per heavy atom. The third kappa shape index (κ3) is 5.77. The molecule has 1 aromatic carbocycles. The van der Waals surface area contributed by atoms with Crippen LogP contribution in [-0.2, 0) is 20.8 Å². The number of rotatable bonds is 10. The Morgan fingerprint density at radius 1 is 1.17 bits per heavy atom. The lowest BCUT2D eigenvalue weighted by atomic mass is 10.1. The standard InChI is InChI=1S/C29H30N6O6S/c1-2-30-29(38)34-26-22-27(32-15-31-26)35(16-33-22)20-12-19(14-39-13-18-10-11-42-25(18)28(36)37)23-24(20)41-21(40-23)9-8-17-6-4-3-5-7-17/h3-11,15-16,19-21,23-24H,2,12-14H2,1H3,(H,36,37)(H2,30,31,32,34,38)/b9-8+/t19?,20?,21-,23?,24?/m0/s1. The van der Waals surface area contributed by atoms with Crippen LogP contribution in [0.4, 0.5) is 10.6 Å². The van der Waals surface area contributed by atoms with Crippen LogP contribution in [0.25, 0.3) is 17.2 Å². The Kier molecular flexibility index (Phi) is 8.24. The Labute approximate surface area is 245 Å². The van der Waals surface area contributed by atoms with E-state index in [2.05, 4.69) is 25.6 Å². The molecule has 1 aliphatic carbocycles. The van der Waals surface area contributed by atoms with Crippen molar-refractivity contribution in [3.05, 3.63) is 76.5 Å². The van der Waals surface area contributed by atoms with Crippen molar-refractivity contribution in [3.8, 4) is 0 Å². The second kappa shape index (κ2) is 12.4. The van der Waals surface area contributed by atoms with E-state index in [1.807, 2.05) is 54.0 Å². The van der Waals surface area contributed by atoms with E-state index in [1.54, 1.807) is 17.8 Å². The van der Waals surface area contributed by atoms with Crippen LogP contribution < -0.4 is 10.6 Å². The normalized spacial score (nSPS) is 23.4. The number of nitrogens with one attached hydrogen (secondary N) is 2. The monoisotopic (exact) mass is 590 g/mol. The Hall–Kier alpha value is -4.17. The lowest BCUT2D eigenvalue weighted by molar-refractivity contribution is -0.0586. The molecule has 6 rings (SSSR count). The van der Waals surface area contributed by atoms with Crippen molar-refractivity contribution in [2.75, 3.05) is 18.5 Å². The zero-order chi connectivity index (χ0) is 29.1. The summed E-state index contributed by atoms with van der Waals surface area (Å²) in [5, 5.41) is 16.6. The van der Waals surface area contributed by atoms with Gasteiger partial charge in [-0.1, -0.05) is 36.4 Å². The highest BCUT2D eigenvalue weighted by Crippen LogP contribution is 2.45. The molecule has 4 unspecified atom stereocenters. The number of amides is 2. The number of imidazole rings is 1. The van der Waals surface area contributed by atoms with E-state index in [9.17, 15) is 14.7 Å². The van der Waals surface area contributed by atoms with Crippen molar-refractivity contribution in [1.29, 1.82) is 0 Å². The molecule has 12 nitrogen and oxygen atoms in total. The molecule has 1 aliphatic heterocycles. The largest absolute Gasteiger partial charge is 0.477 e. The summed E-state index contributed by atoms with van der Waals surface area (Å²) in [6.07, 6.45) is 6.47. The first-order valence-corrected chi connectivity index (χ1v) is 14.5. The van der Waals surface area contributed by atoms with Gasteiger partial charge in [-0.2, -0.15) is 0 Å². The molecule has 218 valence electrons. The molecule has 2 amide bonds. The molecular weight excluding hydrogens is 560 g/mol. The Morgan fingerprint density at radius 2 is 2.00 bits per heavy atom. The molecule has 3 aromatic heterocycles. The van der Waals surface area contributed by atoms with E-state index >= 15 is 0 Å². The second-order valence-electron chi connectivity index (χ2n) is 10.0. The third-order valence-corrected chi connectivity index (χ3v) is 8.30. The van der Waals surface area contributed by atoms with Crippen molar-refractivity contribution < 1.29 is 28.9 Å². The van der Waals surface area contributed by atoms with E-state index in [-0.39, 0.29) is 41.7 Å². The highest BCUT2D eigenvalue weighted by molar-refractivity contribution is 7.12. The minimum absolute atomic E-state index is 0.0331. The number of fused-ring (bicyclic) bond motifs is 2. The molecule has 4 aromatic rings. The van der Waals surface area contributed by atoms with Gasteiger partial charge < -0.3 is 29.2 Å². The van der Waals surface area contributed by atoms with E-state index in [0.717, 1.165) is 5.56 Å². The smallest absolute Gasteiger partial charge is 0.346 e. The predicted molar refractivity (Wildman–Crippen MR) is 155 cm³/mol. The minimum atomic E-state index is -0.958. The zero-order valence-corrected chi connectivity index (χ0v) is 23.6. The fourth-order valence-corrected chi connectivity index (χ4v) is 6.25. The van der Waals surface area contributed by atoms with Crippen molar-refractivity contribution in [3.63, 3.8) is 0 Å². The number of hydrogen-bond donors (Lipinski definition) is 3. The van der Waals surface area contributed by atoms with Gasteiger partial charge in [-0.05, 0) is 36.4 Å². The molecule has 0 radical (unpaired) electrons. The van der Waals surface area contributed by atoms with Gasteiger partial charge in [0.2, 0.25) is 0 Å². The van der Waals surface area contributed by atoms with Gasteiger partial charge in [0.25, 0.3) is 0 Å². The van der Waals surface area contributed by atoms with Crippen LogP contribution in [0.5, 0.6) is 0 Å². The molecule has 1 saturated carbocycles. The number of hydrogen-bond acceptors (Lipinski definition) is 9. The second-order valence-corrected chi connectivity index (χ2v) is 10.9. The van der Waals surface area contributed by atoms with Crippen LogP contribution in [-0.4, -0.2) is 68.3 Å². The van der Waals surface area contributed by atoms with Crippen LogP contribution >= 0.6 is 11.3 Å². The molecule has 4 heterocycles. The summed E-state index contributed by atoms with van der Waals surface area (Å²) in [6, 6.07) is 11.1. The van der Waals surface area contributed by atoms with Gasteiger partial charge in [0.05, 0.1) is 31.7 Å². The summed E-state index contributed by atoms with van der Waals surface area (Å²) in [4.78, 5) is 37.2. The summed E-state index contributed by atoms with van der Waals surface area (Å²) < 4.78 is 20.8. The lowest BCUT2D eigenvalue weighted by Crippen LogP contribution is -2.29. The van der Waals surface area contributed by atoms with E-state index in [1.165, 1.54) is 17.7 Å². The van der Waals surface area contributed by atoms with Crippen molar-refractivity contribution in [2.45, 2.75) is 44.5 Å². The molecule has 42 heavy (non-hydrogen) atoms. The number of carbonyl (C=O) groups is 2. The number of carbonyl (C=O) groups excluding carboxylic acids is 1. The minimum Gasteiger partial charge on any atom is -0.477 e. The van der Waals surface area contributed by atoms with Crippen LogP contribution in [0.15, 0.2) is 60.5 Å². The number of aromatic nitrogens is 4. The first-order valence-electron chi connectivity index (χ1n) is 13.7. The maximum atomic E-state index is 12.1. The molecule has 0 bridgehead atoms. The fourth-order valence-electron chi connectivity index (χ4n) is 5.50. The van der Waals surface area contributed by atoms with Crippen LogP contribution in [0, 0.1) is 5.92 Å². The highest BCUT2D eigenvalue weighted by atomic mass is 32.1. The van der Waals surface area contributed by atoms with E-state index in [0.29, 0.717) is 42.1 Å². The summed E-state index contributed by atoms with van der Waals surface area (Å²) in [6.45, 7) is 2.86. The molecule has 0 spiro atoms. The number of carboxylic acid groups (broad SMARTS) is 1. The first-order chi connectivity index (χ1) is 20.5. The molecule has 2 aliphatic rings. The average molecular weight is 591 g/mol. The van der Waals surface area contributed by atoms with Gasteiger partial charge in [0.1, 0.15) is 17.3 Å². The van der Waals surface area contributed by atoms with Crippen molar-refractivity contribution in [2.24, 2.45) is 5.92 Å². The SMILES string of the molecule is CCNC(=O)Nc1ncnc2c1ncn2C1CC(COCc2ccsc2C(=O)O)C2O[C@H](/C=C/c3ccccc3)OC21. The Bertz CT molecular complexity index is 1590. The number of anilines is 1. The maximum Gasteiger partial charge on any atom is 0.346 e. The third-order valence-electron chi connectivity index (χ3n) is 7.36. The maximum absolute atomic E-state index is 12.1. The van der Waals surface area contributed by atoms with Gasteiger partial charge in [-0.3, -0.25) is 5.32 Å². The number of nitrogens with zero attached hydrogens (tertiary/aromatic N) is 4. The van der Waals surface area contributed by atoms with E-state index in [4.69, 9.17) is 14.2 Å². The number of benzene rings is 1. The molecule has 1 saturated heterocycles. The number of carboxylic acids is 1. The Balaban J connectivity index is 1.23. The van der Waals surface area contributed by atoms with Gasteiger partial charge in [0.15, 0.2) is 23.3 Å². The number of urea groups is 1. The van der Waals surface area contributed by atoms with Gasteiger partial charge in [0, 0.05) is 18.0 Å². The summed E-state index contributed by atoms with van der Waals surface area (Å²) in [5.74, 6) is -0.675. The lowest BCUT2D eigenvalue weighted by Gasteiger charge is -2.19. The fraction of sp³-hybridized carbons (Fsp3) is 0.345. The van der Waals surface area contributed by atoms with Gasteiger partial charge in [-0.15, -0.1) is 11.3 Å². The number of aromatic carboxylic acids is 1. The summed E-state index contributed by atoms with van der Waals surface area (Å²) in [5.41, 5.74) is 2.72. The van der Waals surface area contributed by atoms with Crippen LogP contribution in [0.3, 0.4) is 0 Å². The van der Waals surface area contributed by atoms with Crippen molar-refractivity contribution >= 4 is 46.4 Å². The van der Waals surface area contributed by atoms with Crippen LogP contribution in [0.2, 0.25) is 0 Å². The number of thiophene rings is 1. The van der Waals surface area contributed by atoms with E-state index < -0.39 is 12.3 Å². The molecular formula is C29H30N6O6S. The van der Waals surface area contributed by atoms with Crippen molar-refractivity contribution in [1.82, 2.24) is 24.8 Å². The highest BCUT2D eigenvalue weighted by Gasteiger charge is 2.52. The molecule has 2 fully saturated rings. The quantitative estimate of drug-likeness (QED) is 0.245. The van der Waals surface area contributed by atoms with Crippen LogP contribution in [0.1, 0.15) is 40.2 Å². The average Bonchev–Trinajstić information content (AvgIpc) is 3.77. The summed E-state index contributed by atoms with van der Waals surface area (Å²) in [7, 11) is 0. The summed E-state index contributed by atoms with van der Waals surface area (Å²) >= 11 is 1.18. The topological polar surface area (TPSA) is 150 Å². The zero-order valence-electron chi connectivity index (χ0n) is 22.8. The number of ether oxygens (including phenoxy) is 3. The molecule has 13 heteroatoms.